The standard InChI is InChI=1S/C23H23ClN4O2S2/c1-13-6-5-7-15(10-13)27-19(29)18-16-11-23(3,4)30-12-17(16)32-20(18)28-21(27)25-26-22(28)31-9-8-14(2)24/h5-8,10H,9,11-12H2,1-4H3. The van der Waals surface area contributed by atoms with E-state index >= 15 is 0 Å². The number of aromatic nitrogens is 4. The van der Waals surface area contributed by atoms with Crippen LogP contribution in [-0.4, -0.2) is 30.5 Å². The Morgan fingerprint density at radius 2 is 2.19 bits per heavy atom. The van der Waals surface area contributed by atoms with Crippen molar-refractivity contribution in [3.05, 3.63) is 61.7 Å². The number of fused-ring (bicyclic) bond motifs is 5. The van der Waals surface area contributed by atoms with Crippen molar-refractivity contribution in [3.63, 3.8) is 0 Å². The largest absolute Gasteiger partial charge is 0.370 e. The minimum absolute atomic E-state index is 0.0613. The van der Waals surface area contributed by atoms with Crippen molar-refractivity contribution in [2.45, 2.75) is 51.5 Å². The average Bonchev–Trinajstić information content (AvgIpc) is 3.28. The van der Waals surface area contributed by atoms with Gasteiger partial charge in [0.1, 0.15) is 4.83 Å². The number of hydrogen-bond donors (Lipinski definition) is 0. The SMILES string of the molecule is CC(Cl)=CCSc1nnc2n(-c3cccc(C)c3)c(=O)c3c4c(sc3n12)COC(C)(C)C4. The second kappa shape index (κ2) is 8.02. The fourth-order valence-corrected chi connectivity index (χ4v) is 6.36. The van der Waals surface area contributed by atoms with Crippen molar-refractivity contribution < 1.29 is 4.74 Å². The zero-order chi connectivity index (χ0) is 22.6. The van der Waals surface area contributed by atoms with Crippen molar-refractivity contribution in [3.8, 4) is 5.69 Å². The average molecular weight is 487 g/mol. The Hall–Kier alpha value is -2.13. The molecule has 166 valence electrons. The number of hydrogen-bond acceptors (Lipinski definition) is 6. The zero-order valence-corrected chi connectivity index (χ0v) is 20.7. The molecule has 4 heterocycles. The second-order valence-electron chi connectivity index (χ2n) is 8.61. The minimum atomic E-state index is -0.315. The van der Waals surface area contributed by atoms with Crippen molar-refractivity contribution in [2.75, 3.05) is 5.75 Å². The molecule has 9 heteroatoms. The number of allylic oxidation sites excluding steroid dienone is 1. The summed E-state index contributed by atoms with van der Waals surface area (Å²) in [5, 5.41) is 11.1. The van der Waals surface area contributed by atoms with E-state index in [1.54, 1.807) is 27.7 Å². The molecule has 5 rings (SSSR count). The third-order valence-corrected chi connectivity index (χ3v) is 7.74. The van der Waals surface area contributed by atoms with Crippen molar-refractivity contribution in [1.82, 2.24) is 19.2 Å². The van der Waals surface area contributed by atoms with Gasteiger partial charge in [0.25, 0.3) is 5.56 Å². The fourth-order valence-electron chi connectivity index (χ4n) is 4.03. The summed E-state index contributed by atoms with van der Waals surface area (Å²) in [5.41, 5.74) is 2.56. The first-order valence-corrected chi connectivity index (χ1v) is 12.5. The molecule has 0 bridgehead atoms. The Morgan fingerprint density at radius 3 is 2.94 bits per heavy atom. The molecule has 0 fully saturated rings. The van der Waals surface area contributed by atoms with Gasteiger partial charge in [0, 0.05) is 22.1 Å². The Bertz CT molecular complexity index is 1440. The molecule has 1 aromatic carbocycles. The summed E-state index contributed by atoms with van der Waals surface area (Å²) in [6.45, 7) is 8.51. The molecule has 0 radical (unpaired) electrons. The monoisotopic (exact) mass is 486 g/mol. The van der Waals surface area contributed by atoms with Crippen LogP contribution in [0.1, 0.15) is 36.8 Å². The summed E-state index contributed by atoms with van der Waals surface area (Å²) in [6, 6.07) is 7.91. The van der Waals surface area contributed by atoms with E-state index in [0.717, 1.165) is 42.1 Å². The number of rotatable bonds is 4. The van der Waals surface area contributed by atoms with Gasteiger partial charge in [-0.15, -0.1) is 21.5 Å². The number of thioether (sulfide) groups is 1. The summed E-state index contributed by atoms with van der Waals surface area (Å²) in [5.74, 6) is 1.18. The van der Waals surface area contributed by atoms with Crippen LogP contribution >= 0.6 is 34.7 Å². The zero-order valence-electron chi connectivity index (χ0n) is 18.3. The number of nitrogens with zero attached hydrogens (tertiary/aromatic N) is 4. The van der Waals surface area contributed by atoms with E-state index in [1.807, 2.05) is 48.6 Å². The van der Waals surface area contributed by atoms with Crippen LogP contribution in [0.5, 0.6) is 0 Å². The first-order chi connectivity index (χ1) is 15.2. The lowest BCUT2D eigenvalue weighted by atomic mass is 9.94. The fraction of sp³-hybridized carbons (Fsp3) is 0.348. The maximum absolute atomic E-state index is 13.9. The van der Waals surface area contributed by atoms with Crippen LogP contribution in [-0.2, 0) is 17.8 Å². The Kier molecular flexibility index (Phi) is 5.44. The molecule has 3 aromatic heterocycles. The molecular formula is C23H23ClN4O2S2. The maximum Gasteiger partial charge on any atom is 0.268 e. The third-order valence-electron chi connectivity index (χ3n) is 5.54. The maximum atomic E-state index is 13.9. The molecule has 0 unspecified atom stereocenters. The van der Waals surface area contributed by atoms with Crippen LogP contribution in [0, 0.1) is 6.92 Å². The van der Waals surface area contributed by atoms with Crippen molar-refractivity contribution >= 4 is 50.7 Å². The van der Waals surface area contributed by atoms with Crippen LogP contribution in [0.2, 0.25) is 0 Å². The van der Waals surface area contributed by atoms with Crippen molar-refractivity contribution in [1.29, 1.82) is 0 Å². The Balaban J connectivity index is 1.85. The molecule has 0 saturated heterocycles. The lowest BCUT2D eigenvalue weighted by Gasteiger charge is -2.29. The van der Waals surface area contributed by atoms with Crippen LogP contribution in [0.3, 0.4) is 0 Å². The molecule has 1 aliphatic heterocycles. The van der Waals surface area contributed by atoms with Crippen LogP contribution < -0.4 is 5.56 Å². The predicted octanol–water partition coefficient (Wildman–Crippen LogP) is 5.49. The van der Waals surface area contributed by atoms with Crippen LogP contribution in [0.25, 0.3) is 21.7 Å². The second-order valence-corrected chi connectivity index (χ2v) is 11.3. The number of ether oxygens (including phenoxy) is 1. The van der Waals surface area contributed by atoms with E-state index in [-0.39, 0.29) is 11.2 Å². The van der Waals surface area contributed by atoms with Gasteiger partial charge in [0.2, 0.25) is 5.78 Å². The Morgan fingerprint density at radius 1 is 1.38 bits per heavy atom. The normalized spacial score (nSPS) is 16.1. The molecular weight excluding hydrogens is 464 g/mol. The number of benzene rings is 1. The molecule has 0 N–H and O–H groups in total. The van der Waals surface area contributed by atoms with E-state index in [4.69, 9.17) is 16.3 Å². The van der Waals surface area contributed by atoms with Gasteiger partial charge in [0.05, 0.1) is 23.3 Å². The topological polar surface area (TPSA) is 61.4 Å². The molecule has 1 aliphatic rings. The molecule has 0 atom stereocenters. The summed E-state index contributed by atoms with van der Waals surface area (Å²) >= 11 is 9.16. The molecule has 0 amide bonds. The highest BCUT2D eigenvalue weighted by Crippen LogP contribution is 2.39. The van der Waals surface area contributed by atoms with E-state index in [1.165, 1.54) is 0 Å². The van der Waals surface area contributed by atoms with Gasteiger partial charge in [-0.25, -0.2) is 8.97 Å². The first-order valence-electron chi connectivity index (χ1n) is 10.4. The molecule has 4 aromatic rings. The number of thiophene rings is 1. The number of halogens is 1. The summed E-state index contributed by atoms with van der Waals surface area (Å²) in [6.07, 6.45) is 2.63. The first kappa shape index (κ1) is 21.7. The summed E-state index contributed by atoms with van der Waals surface area (Å²) in [7, 11) is 0. The van der Waals surface area contributed by atoms with Crippen LogP contribution in [0.4, 0.5) is 0 Å². The quantitative estimate of drug-likeness (QED) is 0.357. The van der Waals surface area contributed by atoms with Gasteiger partial charge in [-0.2, -0.15) is 0 Å². The van der Waals surface area contributed by atoms with Gasteiger partial charge < -0.3 is 4.74 Å². The van der Waals surface area contributed by atoms with E-state index in [0.29, 0.717) is 24.6 Å². The van der Waals surface area contributed by atoms with Crippen LogP contribution in [0.15, 0.2) is 45.3 Å². The molecule has 0 saturated carbocycles. The van der Waals surface area contributed by atoms with Gasteiger partial charge >= 0.3 is 0 Å². The summed E-state index contributed by atoms with van der Waals surface area (Å²) in [4.78, 5) is 15.9. The van der Waals surface area contributed by atoms with Gasteiger partial charge in [0.15, 0.2) is 5.16 Å². The highest BCUT2D eigenvalue weighted by Gasteiger charge is 2.32. The lowest BCUT2D eigenvalue weighted by Crippen LogP contribution is -2.32. The lowest BCUT2D eigenvalue weighted by molar-refractivity contribution is -0.0379. The minimum Gasteiger partial charge on any atom is -0.370 e. The third kappa shape index (κ3) is 3.69. The Labute approximate surface area is 198 Å². The molecule has 0 aliphatic carbocycles. The molecule has 6 nitrogen and oxygen atoms in total. The van der Waals surface area contributed by atoms with E-state index in [9.17, 15) is 4.79 Å². The highest BCUT2D eigenvalue weighted by molar-refractivity contribution is 7.99. The molecule has 0 spiro atoms. The van der Waals surface area contributed by atoms with Gasteiger partial charge in [-0.3, -0.25) is 4.79 Å². The van der Waals surface area contributed by atoms with E-state index < -0.39 is 0 Å². The highest BCUT2D eigenvalue weighted by atomic mass is 35.5. The number of aryl methyl sites for hydroxylation is 1. The van der Waals surface area contributed by atoms with Gasteiger partial charge in [-0.05, 0) is 51.0 Å². The smallest absolute Gasteiger partial charge is 0.268 e. The predicted molar refractivity (Wildman–Crippen MR) is 132 cm³/mol. The summed E-state index contributed by atoms with van der Waals surface area (Å²) < 4.78 is 9.74. The van der Waals surface area contributed by atoms with Gasteiger partial charge in [-0.1, -0.05) is 41.6 Å². The molecule has 32 heavy (non-hydrogen) atoms. The van der Waals surface area contributed by atoms with Crippen molar-refractivity contribution in [2.24, 2.45) is 0 Å². The van der Waals surface area contributed by atoms with E-state index in [2.05, 4.69) is 24.0 Å².